The lowest BCUT2D eigenvalue weighted by atomic mass is 9.82. The molecule has 0 aromatic heterocycles. The summed E-state index contributed by atoms with van der Waals surface area (Å²) in [6, 6.07) is 7.96. The third kappa shape index (κ3) is 3.80. The largest absolute Gasteiger partial charge is 0.344 e. The lowest BCUT2D eigenvalue weighted by Gasteiger charge is -2.30. The fourth-order valence-corrected chi connectivity index (χ4v) is 5.02. The summed E-state index contributed by atoms with van der Waals surface area (Å²) in [6.45, 7) is 0.905. The summed E-state index contributed by atoms with van der Waals surface area (Å²) in [6.07, 6.45) is 11.8. The second-order valence-electron chi connectivity index (χ2n) is 8.43. The second kappa shape index (κ2) is 8.49. The molecule has 2 aliphatic carbocycles. The van der Waals surface area contributed by atoms with Gasteiger partial charge in [0.1, 0.15) is 5.54 Å². The van der Waals surface area contributed by atoms with Crippen molar-refractivity contribution in [3.05, 3.63) is 35.4 Å². The number of fused-ring (bicyclic) bond motifs is 1. The molecule has 0 bridgehead atoms. The van der Waals surface area contributed by atoms with E-state index in [2.05, 4.69) is 33.7 Å². The van der Waals surface area contributed by atoms with Crippen molar-refractivity contribution in [2.45, 2.75) is 62.9 Å². The lowest BCUT2D eigenvalue weighted by molar-refractivity contribution is -0.140. The number of hydrogen-bond acceptors (Lipinski definition) is 4. The lowest BCUT2D eigenvalue weighted by Crippen LogP contribution is -2.51. The summed E-state index contributed by atoms with van der Waals surface area (Å²) in [7, 11) is 0. The van der Waals surface area contributed by atoms with Gasteiger partial charge >= 0.3 is 6.03 Å². The van der Waals surface area contributed by atoms with Crippen molar-refractivity contribution in [2.24, 2.45) is 0 Å². The van der Waals surface area contributed by atoms with E-state index in [4.69, 9.17) is 6.42 Å². The zero-order valence-electron chi connectivity index (χ0n) is 17.2. The Morgan fingerprint density at radius 2 is 2.03 bits per heavy atom. The Labute approximate surface area is 177 Å². The number of terminal acetylenes is 1. The predicted octanol–water partition coefficient (Wildman–Crippen LogP) is 2.29. The number of hydrazine groups is 1. The maximum atomic E-state index is 12.8. The average Bonchev–Trinajstić information content (AvgIpc) is 3.27. The van der Waals surface area contributed by atoms with Crippen molar-refractivity contribution in [3.63, 3.8) is 0 Å². The van der Waals surface area contributed by atoms with Crippen LogP contribution in [0.2, 0.25) is 0 Å². The van der Waals surface area contributed by atoms with Gasteiger partial charge in [0.15, 0.2) is 0 Å². The minimum atomic E-state index is -0.842. The van der Waals surface area contributed by atoms with Crippen LogP contribution in [-0.4, -0.2) is 46.4 Å². The van der Waals surface area contributed by atoms with E-state index in [-0.39, 0.29) is 24.3 Å². The Kier molecular flexibility index (Phi) is 5.78. The smallest absolute Gasteiger partial charge is 0.322 e. The summed E-state index contributed by atoms with van der Waals surface area (Å²) >= 11 is 0. The van der Waals surface area contributed by atoms with Gasteiger partial charge in [0, 0.05) is 19.0 Å². The van der Waals surface area contributed by atoms with Crippen LogP contribution < -0.4 is 10.7 Å². The zero-order chi connectivity index (χ0) is 21.1. The van der Waals surface area contributed by atoms with Gasteiger partial charge in [0.2, 0.25) is 5.91 Å². The van der Waals surface area contributed by atoms with Crippen molar-refractivity contribution >= 4 is 17.8 Å². The second-order valence-corrected chi connectivity index (χ2v) is 8.43. The molecule has 158 valence electrons. The van der Waals surface area contributed by atoms with Crippen molar-refractivity contribution in [1.29, 1.82) is 0 Å². The molecule has 30 heavy (non-hydrogen) atoms. The van der Waals surface area contributed by atoms with E-state index >= 15 is 0 Å². The van der Waals surface area contributed by atoms with Crippen LogP contribution in [-0.2, 0) is 16.0 Å². The van der Waals surface area contributed by atoms with Crippen LogP contribution in [0.5, 0.6) is 0 Å². The van der Waals surface area contributed by atoms with E-state index in [0.717, 1.165) is 37.1 Å². The molecule has 0 radical (unpaired) electrons. The number of rotatable bonds is 6. The number of aryl methyl sites for hydroxylation is 1. The normalized spacial score (nSPS) is 22.1. The van der Waals surface area contributed by atoms with Gasteiger partial charge in [-0.25, -0.2) is 4.79 Å². The molecule has 7 nitrogen and oxygen atoms in total. The van der Waals surface area contributed by atoms with Crippen molar-refractivity contribution in [1.82, 2.24) is 20.7 Å². The van der Waals surface area contributed by atoms with Crippen LogP contribution in [0.1, 0.15) is 62.1 Å². The van der Waals surface area contributed by atoms with E-state index in [0.29, 0.717) is 25.9 Å². The van der Waals surface area contributed by atoms with E-state index in [9.17, 15) is 14.4 Å². The molecule has 3 aliphatic rings. The first-order chi connectivity index (χ1) is 14.5. The first kappa shape index (κ1) is 20.4. The summed E-state index contributed by atoms with van der Waals surface area (Å²) in [5, 5.41) is 3.67. The molecule has 4 rings (SSSR count). The van der Waals surface area contributed by atoms with Gasteiger partial charge in [-0.2, -0.15) is 5.01 Å². The highest BCUT2D eigenvalue weighted by atomic mass is 16.2. The molecule has 1 spiro atoms. The Hall–Kier alpha value is -2.85. The molecule has 1 aromatic rings. The number of carbonyl (C=O) groups is 3. The van der Waals surface area contributed by atoms with Crippen LogP contribution in [0.3, 0.4) is 0 Å². The SMILES string of the molecule is C#CCN(CCC(=O)NN1C(=O)NC2(CCCCC2)C1=O)C1CCc2ccccc21. The number of carbonyl (C=O) groups excluding carboxylic acids is 3. The molecular formula is C23H28N4O3. The molecule has 1 aliphatic heterocycles. The van der Waals surface area contributed by atoms with Crippen LogP contribution in [0, 0.1) is 12.3 Å². The van der Waals surface area contributed by atoms with Gasteiger partial charge in [-0.1, -0.05) is 49.4 Å². The molecule has 7 heteroatoms. The first-order valence-electron chi connectivity index (χ1n) is 10.8. The van der Waals surface area contributed by atoms with E-state index < -0.39 is 11.6 Å². The predicted molar refractivity (Wildman–Crippen MR) is 112 cm³/mol. The molecule has 1 aromatic carbocycles. The Morgan fingerprint density at radius 1 is 1.27 bits per heavy atom. The maximum Gasteiger partial charge on any atom is 0.344 e. The van der Waals surface area contributed by atoms with Gasteiger partial charge < -0.3 is 5.32 Å². The van der Waals surface area contributed by atoms with E-state index in [1.54, 1.807) is 0 Å². The molecule has 1 heterocycles. The van der Waals surface area contributed by atoms with Gasteiger partial charge in [-0.3, -0.25) is 19.9 Å². The number of hydrogen-bond donors (Lipinski definition) is 2. The summed E-state index contributed by atoms with van der Waals surface area (Å²) < 4.78 is 0. The van der Waals surface area contributed by atoms with Crippen molar-refractivity contribution in [3.8, 4) is 12.3 Å². The molecule has 2 N–H and O–H groups in total. The molecule has 1 saturated carbocycles. The topological polar surface area (TPSA) is 81.8 Å². The van der Waals surface area contributed by atoms with Crippen molar-refractivity contribution < 1.29 is 14.4 Å². The minimum Gasteiger partial charge on any atom is -0.322 e. The average molecular weight is 409 g/mol. The Balaban J connectivity index is 1.36. The van der Waals surface area contributed by atoms with Gasteiger partial charge in [0.25, 0.3) is 5.91 Å². The highest BCUT2D eigenvalue weighted by Gasteiger charge is 2.52. The zero-order valence-corrected chi connectivity index (χ0v) is 17.2. The summed E-state index contributed by atoms with van der Waals surface area (Å²) in [4.78, 5) is 39.8. The highest BCUT2D eigenvalue weighted by molar-refractivity contribution is 6.08. The highest BCUT2D eigenvalue weighted by Crippen LogP contribution is 2.35. The molecule has 4 amide bonds. The first-order valence-corrected chi connectivity index (χ1v) is 10.8. The standard InChI is InChI=1S/C23H28N4O3/c1-2-15-26(19-11-10-17-8-4-5-9-18(17)19)16-12-20(28)25-27-21(29)23(24-22(27)30)13-6-3-7-14-23/h1,4-5,8-9,19H,3,6-7,10-16H2,(H,24,30)(H,25,28). The van der Waals surface area contributed by atoms with Crippen molar-refractivity contribution in [2.75, 3.05) is 13.1 Å². The van der Waals surface area contributed by atoms with Crippen LogP contribution >= 0.6 is 0 Å². The van der Waals surface area contributed by atoms with E-state index in [1.807, 2.05) is 12.1 Å². The van der Waals surface area contributed by atoms with Crippen LogP contribution in [0.25, 0.3) is 0 Å². The number of nitrogens with zero attached hydrogens (tertiary/aromatic N) is 2. The number of imide groups is 1. The fourth-order valence-electron chi connectivity index (χ4n) is 5.02. The fraction of sp³-hybridized carbons (Fsp3) is 0.522. The number of benzene rings is 1. The number of urea groups is 1. The molecule has 1 saturated heterocycles. The minimum absolute atomic E-state index is 0.157. The monoisotopic (exact) mass is 408 g/mol. The molecule has 2 fully saturated rings. The van der Waals surface area contributed by atoms with Gasteiger partial charge in [0.05, 0.1) is 6.54 Å². The van der Waals surface area contributed by atoms with Gasteiger partial charge in [-0.05, 0) is 36.8 Å². The Bertz CT molecular complexity index is 885. The molecule has 1 unspecified atom stereocenters. The summed E-state index contributed by atoms with van der Waals surface area (Å²) in [5.74, 6) is 1.99. The quantitative estimate of drug-likeness (QED) is 0.559. The van der Waals surface area contributed by atoms with Crippen LogP contribution in [0.15, 0.2) is 24.3 Å². The molecule has 1 atom stereocenters. The van der Waals surface area contributed by atoms with Crippen LogP contribution in [0.4, 0.5) is 4.79 Å². The third-order valence-electron chi connectivity index (χ3n) is 6.57. The third-order valence-corrected chi connectivity index (χ3v) is 6.57. The maximum absolute atomic E-state index is 12.8. The Morgan fingerprint density at radius 3 is 2.80 bits per heavy atom. The summed E-state index contributed by atoms with van der Waals surface area (Å²) in [5.41, 5.74) is 4.26. The number of nitrogens with one attached hydrogen (secondary N) is 2. The van der Waals surface area contributed by atoms with E-state index in [1.165, 1.54) is 11.1 Å². The number of amides is 4. The van der Waals surface area contributed by atoms with Gasteiger partial charge in [-0.15, -0.1) is 6.42 Å². The molecular weight excluding hydrogens is 380 g/mol.